The van der Waals surface area contributed by atoms with Crippen LogP contribution in [0.1, 0.15) is 5.56 Å². The first-order valence-electron chi connectivity index (χ1n) is 6.21. The smallest absolute Gasteiger partial charge is 0.420 e. The molecular formula is C14H9F3N2O4S. The summed E-state index contributed by atoms with van der Waals surface area (Å²) in [7, 11) is -3.92. The number of halogens is 3. The Morgan fingerprint density at radius 3 is 2.21 bits per heavy atom. The molecule has 24 heavy (non-hydrogen) atoms. The van der Waals surface area contributed by atoms with E-state index in [9.17, 15) is 26.4 Å². The van der Waals surface area contributed by atoms with Gasteiger partial charge in [-0.05, 0) is 42.5 Å². The molecule has 0 aliphatic rings. The number of hydrogen-bond donors (Lipinski definition) is 1. The van der Waals surface area contributed by atoms with Crippen LogP contribution in [-0.4, -0.2) is 14.5 Å². The molecule has 0 aromatic heterocycles. The summed E-state index contributed by atoms with van der Waals surface area (Å²) in [4.78, 5) is 13.1. The maximum Gasteiger partial charge on any atom is 0.420 e. The lowest BCUT2D eigenvalue weighted by molar-refractivity contribution is -0.138. The van der Waals surface area contributed by atoms with Crippen LogP contribution in [0, 0.1) is 0 Å². The third-order valence-electron chi connectivity index (χ3n) is 2.82. The van der Waals surface area contributed by atoms with E-state index in [0.29, 0.717) is 6.07 Å². The van der Waals surface area contributed by atoms with Gasteiger partial charge in [-0.2, -0.15) is 18.2 Å². The van der Waals surface area contributed by atoms with Crippen molar-refractivity contribution in [1.29, 1.82) is 0 Å². The van der Waals surface area contributed by atoms with Gasteiger partial charge in [0, 0.05) is 0 Å². The van der Waals surface area contributed by atoms with Crippen LogP contribution in [0.5, 0.6) is 11.5 Å². The summed E-state index contributed by atoms with van der Waals surface area (Å²) in [6.07, 6.45) is -3.60. The average Bonchev–Trinajstić information content (AvgIpc) is 2.47. The molecule has 126 valence electrons. The number of nitrogens with zero attached hydrogens (tertiary/aromatic N) is 1. The largest absolute Gasteiger partial charge is 0.457 e. The summed E-state index contributed by atoms with van der Waals surface area (Å²) in [5, 5.41) is 4.93. The van der Waals surface area contributed by atoms with Crippen LogP contribution in [0.4, 0.5) is 18.9 Å². The van der Waals surface area contributed by atoms with Gasteiger partial charge in [-0.1, -0.05) is 0 Å². The summed E-state index contributed by atoms with van der Waals surface area (Å²) in [5.74, 6) is -0.560. The SMILES string of the molecule is NS(=O)(=O)c1ccc(Oc2ccc(N=C=O)cc2C(F)(F)F)cc1. The summed E-state index contributed by atoms with van der Waals surface area (Å²) in [6.45, 7) is 0. The van der Waals surface area contributed by atoms with Gasteiger partial charge in [0.2, 0.25) is 16.1 Å². The lowest BCUT2D eigenvalue weighted by Gasteiger charge is -2.14. The van der Waals surface area contributed by atoms with Crippen molar-refractivity contribution in [3.8, 4) is 11.5 Å². The monoisotopic (exact) mass is 358 g/mol. The van der Waals surface area contributed by atoms with E-state index < -0.39 is 27.5 Å². The zero-order valence-corrected chi connectivity index (χ0v) is 12.6. The fraction of sp³-hybridized carbons (Fsp3) is 0.0714. The minimum absolute atomic E-state index is 0.0282. The highest BCUT2D eigenvalue weighted by molar-refractivity contribution is 7.89. The Labute approximate surface area is 134 Å². The third-order valence-corrected chi connectivity index (χ3v) is 3.75. The Bertz CT molecular complexity index is 903. The van der Waals surface area contributed by atoms with E-state index in [-0.39, 0.29) is 16.3 Å². The Hall–Kier alpha value is -2.68. The molecule has 0 fully saturated rings. The fourth-order valence-corrected chi connectivity index (χ4v) is 2.29. The summed E-state index contributed by atoms with van der Waals surface area (Å²) < 4.78 is 66.6. The number of hydrogen-bond acceptors (Lipinski definition) is 5. The second-order valence-corrected chi connectivity index (χ2v) is 6.06. The normalized spacial score (nSPS) is 11.7. The number of sulfonamides is 1. The zero-order chi connectivity index (χ0) is 18.0. The maximum absolute atomic E-state index is 13.1. The van der Waals surface area contributed by atoms with Crippen molar-refractivity contribution in [3.63, 3.8) is 0 Å². The summed E-state index contributed by atoms with van der Waals surface area (Å²) in [6, 6.07) is 7.31. The zero-order valence-electron chi connectivity index (χ0n) is 11.7. The van der Waals surface area contributed by atoms with Crippen LogP contribution in [0.3, 0.4) is 0 Å². The number of isocyanates is 1. The number of alkyl halides is 3. The molecule has 0 atom stereocenters. The Morgan fingerprint density at radius 1 is 1.08 bits per heavy atom. The minimum Gasteiger partial charge on any atom is -0.457 e. The molecule has 0 spiro atoms. The molecule has 0 saturated carbocycles. The Balaban J connectivity index is 2.40. The lowest BCUT2D eigenvalue weighted by atomic mass is 10.1. The van der Waals surface area contributed by atoms with Crippen molar-refractivity contribution in [2.75, 3.05) is 0 Å². The Kier molecular flexibility index (Phi) is 4.74. The molecule has 2 rings (SSSR count). The second kappa shape index (κ2) is 6.44. The van der Waals surface area contributed by atoms with Crippen molar-refractivity contribution >= 4 is 21.8 Å². The van der Waals surface area contributed by atoms with Gasteiger partial charge in [0.25, 0.3) is 0 Å². The van der Waals surface area contributed by atoms with Gasteiger partial charge >= 0.3 is 6.18 Å². The second-order valence-electron chi connectivity index (χ2n) is 4.50. The highest BCUT2D eigenvalue weighted by Crippen LogP contribution is 2.40. The van der Waals surface area contributed by atoms with Gasteiger partial charge in [0.05, 0.1) is 10.6 Å². The number of benzene rings is 2. The number of nitrogens with two attached hydrogens (primary N) is 1. The predicted molar refractivity (Wildman–Crippen MR) is 77.1 cm³/mol. The Morgan fingerprint density at radius 2 is 1.71 bits per heavy atom. The molecule has 0 amide bonds. The topological polar surface area (TPSA) is 98.8 Å². The van der Waals surface area contributed by atoms with Crippen LogP contribution in [0.25, 0.3) is 0 Å². The van der Waals surface area contributed by atoms with Crippen molar-refractivity contribution in [1.82, 2.24) is 0 Å². The van der Waals surface area contributed by atoms with Gasteiger partial charge in [0.1, 0.15) is 17.1 Å². The van der Waals surface area contributed by atoms with E-state index in [1.807, 2.05) is 0 Å². The molecule has 2 aromatic carbocycles. The molecule has 0 bridgehead atoms. The molecular weight excluding hydrogens is 349 g/mol. The highest BCUT2D eigenvalue weighted by atomic mass is 32.2. The first-order valence-corrected chi connectivity index (χ1v) is 7.76. The standard InChI is InChI=1S/C14H9F3N2O4S/c15-14(16,17)12-7-9(19-8-20)1-6-13(12)23-10-2-4-11(5-3-10)24(18,21)22/h1-7H,(H2,18,21,22). The van der Waals surface area contributed by atoms with E-state index in [1.54, 1.807) is 0 Å². The molecule has 2 aromatic rings. The number of carbonyl (C=O) groups excluding carboxylic acids is 1. The molecule has 10 heteroatoms. The molecule has 2 N–H and O–H groups in total. The van der Waals surface area contributed by atoms with Crippen molar-refractivity contribution < 1.29 is 31.1 Å². The first-order chi connectivity index (χ1) is 11.1. The van der Waals surface area contributed by atoms with Gasteiger partial charge in [0.15, 0.2) is 0 Å². The average molecular weight is 358 g/mol. The van der Waals surface area contributed by atoms with E-state index in [1.165, 1.54) is 0 Å². The van der Waals surface area contributed by atoms with Gasteiger partial charge in [-0.15, -0.1) is 0 Å². The van der Waals surface area contributed by atoms with Crippen LogP contribution in [0.2, 0.25) is 0 Å². The van der Waals surface area contributed by atoms with Crippen molar-refractivity contribution in [2.24, 2.45) is 10.1 Å². The molecule has 0 heterocycles. The molecule has 0 aliphatic heterocycles. The molecule has 0 aliphatic carbocycles. The van der Waals surface area contributed by atoms with Crippen LogP contribution in [0.15, 0.2) is 52.4 Å². The van der Waals surface area contributed by atoms with Crippen molar-refractivity contribution in [2.45, 2.75) is 11.1 Å². The summed E-state index contributed by atoms with van der Waals surface area (Å²) >= 11 is 0. The lowest BCUT2D eigenvalue weighted by Crippen LogP contribution is -2.11. The quantitative estimate of drug-likeness (QED) is 0.670. The van der Waals surface area contributed by atoms with Crippen LogP contribution >= 0.6 is 0 Å². The van der Waals surface area contributed by atoms with Gasteiger partial charge in [-0.25, -0.2) is 18.4 Å². The van der Waals surface area contributed by atoms with Crippen molar-refractivity contribution in [3.05, 3.63) is 48.0 Å². The molecule has 6 nitrogen and oxygen atoms in total. The summed E-state index contributed by atoms with van der Waals surface area (Å²) in [5.41, 5.74) is -1.37. The number of ether oxygens (including phenoxy) is 1. The molecule has 0 radical (unpaired) electrons. The van der Waals surface area contributed by atoms with Crippen LogP contribution in [-0.2, 0) is 21.0 Å². The molecule has 0 saturated heterocycles. The highest BCUT2D eigenvalue weighted by Gasteiger charge is 2.35. The number of aliphatic imine (C=N–C) groups is 1. The minimum atomic E-state index is -4.75. The number of rotatable bonds is 4. The van der Waals surface area contributed by atoms with Crippen LogP contribution < -0.4 is 9.88 Å². The first kappa shape index (κ1) is 17.7. The van der Waals surface area contributed by atoms with E-state index in [4.69, 9.17) is 9.88 Å². The fourth-order valence-electron chi connectivity index (χ4n) is 1.78. The molecule has 0 unspecified atom stereocenters. The number of primary sulfonamides is 1. The van der Waals surface area contributed by atoms with Gasteiger partial charge < -0.3 is 4.74 Å². The third kappa shape index (κ3) is 4.19. The van der Waals surface area contributed by atoms with Gasteiger partial charge in [-0.3, -0.25) is 0 Å². The van der Waals surface area contributed by atoms with E-state index in [2.05, 4.69) is 4.99 Å². The van der Waals surface area contributed by atoms with E-state index >= 15 is 0 Å². The van der Waals surface area contributed by atoms with E-state index in [0.717, 1.165) is 42.5 Å². The predicted octanol–water partition coefficient (Wildman–Crippen LogP) is 3.11. The maximum atomic E-state index is 13.1.